The molecule has 0 radical (unpaired) electrons. The lowest BCUT2D eigenvalue weighted by molar-refractivity contribution is 0.0955. The molecule has 0 unspecified atom stereocenters. The van der Waals surface area contributed by atoms with Crippen molar-refractivity contribution in [3.05, 3.63) is 64.5 Å². The molecule has 4 nitrogen and oxygen atoms in total. The average molecular weight is 292 g/mol. The Kier molecular flexibility index (Phi) is 4.01. The molecule has 22 heavy (non-hydrogen) atoms. The number of hydrazone groups is 1. The fraction of sp³-hybridized carbons (Fsp3) is 0.111. The van der Waals surface area contributed by atoms with Crippen molar-refractivity contribution in [1.29, 1.82) is 0 Å². The van der Waals surface area contributed by atoms with E-state index in [2.05, 4.69) is 28.7 Å². The summed E-state index contributed by atoms with van der Waals surface area (Å²) in [6, 6.07) is 14.2. The number of phenolic OH excluding ortho intramolecular Hbond substituents is 1. The van der Waals surface area contributed by atoms with Gasteiger partial charge in [-0.05, 0) is 53.1 Å². The van der Waals surface area contributed by atoms with Crippen LogP contribution in [0.2, 0.25) is 0 Å². The Balaban J connectivity index is 1.77. The van der Waals surface area contributed by atoms with Crippen LogP contribution in [0.5, 0.6) is 5.75 Å². The van der Waals surface area contributed by atoms with E-state index < -0.39 is 0 Å². The summed E-state index contributed by atoms with van der Waals surface area (Å²) in [4.78, 5) is 11.9. The van der Waals surface area contributed by atoms with Gasteiger partial charge in [-0.15, -0.1) is 0 Å². The molecule has 0 heterocycles. The Bertz CT molecular complexity index is 836. The molecule has 0 fully saturated rings. The zero-order chi connectivity index (χ0) is 15.4. The van der Waals surface area contributed by atoms with Crippen LogP contribution < -0.4 is 15.9 Å². The molecule has 4 heteroatoms. The van der Waals surface area contributed by atoms with Crippen LogP contribution in [0.3, 0.4) is 0 Å². The summed E-state index contributed by atoms with van der Waals surface area (Å²) < 4.78 is 0. The standard InChI is InChI=1S/C18H16N2O2/c21-16-10-8-14(9-11-16)18(22)20-19-12-15-6-3-5-13-4-1-2-7-17(13)15/h1-2,4-5,7-12,21H,3,6H2,(H,20,22)/b19-12+. The lowest BCUT2D eigenvalue weighted by Gasteiger charge is -2.06. The monoisotopic (exact) mass is 292 g/mol. The number of phenols is 1. The van der Waals surface area contributed by atoms with Gasteiger partial charge < -0.3 is 5.11 Å². The van der Waals surface area contributed by atoms with E-state index in [1.165, 1.54) is 17.4 Å². The van der Waals surface area contributed by atoms with Gasteiger partial charge in [0.15, 0.2) is 0 Å². The third-order valence-corrected chi connectivity index (χ3v) is 3.60. The maximum atomic E-state index is 11.9. The summed E-state index contributed by atoms with van der Waals surface area (Å²) in [5.41, 5.74) is 4.09. The molecule has 1 aliphatic carbocycles. The molecule has 0 atom stereocenters. The summed E-state index contributed by atoms with van der Waals surface area (Å²) in [6.07, 6.45) is 5.81. The summed E-state index contributed by atoms with van der Waals surface area (Å²) in [5, 5.41) is 15.6. The minimum Gasteiger partial charge on any atom is -0.508 e. The Hall–Kier alpha value is -2.88. The molecular formula is C18H16N2O2. The predicted octanol–water partition coefficient (Wildman–Crippen LogP) is 1.53. The molecule has 0 saturated heterocycles. The van der Waals surface area contributed by atoms with Gasteiger partial charge in [-0.1, -0.05) is 30.3 Å². The maximum Gasteiger partial charge on any atom is 0.271 e. The molecule has 2 aromatic rings. The van der Waals surface area contributed by atoms with Crippen LogP contribution in [0.25, 0.3) is 11.6 Å². The van der Waals surface area contributed by atoms with Gasteiger partial charge in [0.1, 0.15) is 5.75 Å². The fourth-order valence-corrected chi connectivity index (χ4v) is 2.47. The number of nitrogens with zero attached hydrogens (tertiary/aromatic N) is 1. The van der Waals surface area contributed by atoms with Crippen molar-refractivity contribution < 1.29 is 9.90 Å². The van der Waals surface area contributed by atoms with Crippen LogP contribution in [-0.2, 0) is 0 Å². The number of nitrogens with one attached hydrogen (secondary N) is 1. The molecule has 1 aliphatic rings. The zero-order valence-electron chi connectivity index (χ0n) is 12.0. The minimum absolute atomic E-state index is 0.130. The number of carbonyl (C=O) groups is 1. The Morgan fingerprint density at radius 3 is 2.73 bits per heavy atom. The van der Waals surface area contributed by atoms with E-state index in [4.69, 9.17) is 0 Å². The van der Waals surface area contributed by atoms with Crippen LogP contribution >= 0.6 is 0 Å². The van der Waals surface area contributed by atoms with E-state index in [1.54, 1.807) is 18.3 Å². The molecule has 0 aromatic heterocycles. The van der Waals surface area contributed by atoms with Crippen LogP contribution in [0.4, 0.5) is 0 Å². The highest BCUT2D eigenvalue weighted by Gasteiger charge is 2.04. The van der Waals surface area contributed by atoms with Gasteiger partial charge in [-0.3, -0.25) is 4.79 Å². The second-order valence-corrected chi connectivity index (χ2v) is 5.10. The molecule has 0 aliphatic heterocycles. The number of hydrogen-bond acceptors (Lipinski definition) is 3. The summed E-state index contributed by atoms with van der Waals surface area (Å²) in [6.45, 7) is 0. The minimum atomic E-state index is -0.299. The lowest BCUT2D eigenvalue weighted by atomic mass is 10.0. The van der Waals surface area contributed by atoms with Gasteiger partial charge >= 0.3 is 0 Å². The van der Waals surface area contributed by atoms with Gasteiger partial charge in [-0.2, -0.15) is 5.10 Å². The highest BCUT2D eigenvalue weighted by Crippen LogP contribution is 2.09. The molecule has 2 aromatic carbocycles. The number of rotatable bonds is 3. The van der Waals surface area contributed by atoms with Gasteiger partial charge in [0, 0.05) is 5.56 Å². The van der Waals surface area contributed by atoms with Crippen molar-refractivity contribution in [1.82, 2.24) is 5.43 Å². The van der Waals surface area contributed by atoms with E-state index in [1.807, 2.05) is 12.1 Å². The molecule has 0 bridgehead atoms. The lowest BCUT2D eigenvalue weighted by Crippen LogP contribution is -2.29. The van der Waals surface area contributed by atoms with Gasteiger partial charge in [0.05, 0.1) is 6.21 Å². The number of fused-ring (bicyclic) bond motifs is 1. The fourth-order valence-electron chi connectivity index (χ4n) is 2.47. The Morgan fingerprint density at radius 2 is 1.91 bits per heavy atom. The number of carbonyl (C=O) groups excluding carboxylic acids is 1. The highest BCUT2D eigenvalue weighted by atomic mass is 16.3. The SMILES string of the molecule is O=C(N/N=C/C1=c2ccccc2=CCC1)c1ccc(O)cc1. The third-order valence-electron chi connectivity index (χ3n) is 3.60. The van der Waals surface area contributed by atoms with Crippen molar-refractivity contribution >= 4 is 23.8 Å². The van der Waals surface area contributed by atoms with Crippen LogP contribution in [-0.4, -0.2) is 17.2 Å². The number of aromatic hydroxyl groups is 1. The van der Waals surface area contributed by atoms with Crippen molar-refractivity contribution in [2.24, 2.45) is 5.10 Å². The highest BCUT2D eigenvalue weighted by molar-refractivity contribution is 6.03. The Morgan fingerprint density at radius 1 is 1.14 bits per heavy atom. The third kappa shape index (κ3) is 3.06. The topological polar surface area (TPSA) is 61.7 Å². The van der Waals surface area contributed by atoms with E-state index >= 15 is 0 Å². The largest absolute Gasteiger partial charge is 0.508 e. The molecule has 3 rings (SSSR count). The van der Waals surface area contributed by atoms with Gasteiger partial charge in [0.2, 0.25) is 0 Å². The van der Waals surface area contributed by atoms with Crippen molar-refractivity contribution in [2.45, 2.75) is 12.8 Å². The first kappa shape index (κ1) is 14.1. The molecule has 110 valence electrons. The van der Waals surface area contributed by atoms with Crippen LogP contribution in [0.1, 0.15) is 23.2 Å². The van der Waals surface area contributed by atoms with E-state index in [-0.39, 0.29) is 11.7 Å². The molecule has 0 spiro atoms. The first-order valence-corrected chi connectivity index (χ1v) is 7.15. The second-order valence-electron chi connectivity index (χ2n) is 5.10. The molecule has 2 N–H and O–H groups in total. The first-order chi connectivity index (χ1) is 10.7. The zero-order valence-corrected chi connectivity index (χ0v) is 12.0. The number of amides is 1. The average Bonchev–Trinajstić information content (AvgIpc) is 2.55. The molecular weight excluding hydrogens is 276 g/mol. The quantitative estimate of drug-likeness (QED) is 0.666. The Labute approximate surface area is 128 Å². The van der Waals surface area contributed by atoms with Crippen LogP contribution in [0, 0.1) is 0 Å². The van der Waals surface area contributed by atoms with E-state index in [9.17, 15) is 9.90 Å². The van der Waals surface area contributed by atoms with Crippen molar-refractivity contribution in [2.75, 3.05) is 0 Å². The second kappa shape index (κ2) is 6.26. The number of hydrogen-bond donors (Lipinski definition) is 2. The number of benzene rings is 2. The summed E-state index contributed by atoms with van der Waals surface area (Å²) in [7, 11) is 0. The summed E-state index contributed by atoms with van der Waals surface area (Å²) >= 11 is 0. The molecule has 0 saturated carbocycles. The van der Waals surface area contributed by atoms with Crippen molar-refractivity contribution in [3.8, 4) is 5.75 Å². The van der Waals surface area contributed by atoms with Crippen molar-refractivity contribution in [3.63, 3.8) is 0 Å². The van der Waals surface area contributed by atoms with Gasteiger partial charge in [0.25, 0.3) is 5.91 Å². The normalized spacial score (nSPS) is 13.5. The predicted molar refractivity (Wildman–Crippen MR) is 86.9 cm³/mol. The van der Waals surface area contributed by atoms with Gasteiger partial charge in [-0.25, -0.2) is 5.43 Å². The first-order valence-electron chi connectivity index (χ1n) is 7.15. The smallest absolute Gasteiger partial charge is 0.271 e. The summed E-state index contributed by atoms with van der Waals surface area (Å²) in [5.74, 6) is -0.168. The van der Waals surface area contributed by atoms with Crippen LogP contribution in [0.15, 0.2) is 53.6 Å². The van der Waals surface area contributed by atoms with E-state index in [0.717, 1.165) is 23.6 Å². The maximum absolute atomic E-state index is 11.9. The van der Waals surface area contributed by atoms with E-state index in [0.29, 0.717) is 5.56 Å². The molecule has 1 amide bonds.